The van der Waals surface area contributed by atoms with Crippen LogP contribution < -0.4 is 0 Å². The number of benzene rings is 2. The molecule has 21 heavy (non-hydrogen) atoms. The van der Waals surface area contributed by atoms with Gasteiger partial charge >= 0.3 is 0 Å². The number of halogens is 1. The first-order valence-corrected chi connectivity index (χ1v) is 8.16. The van der Waals surface area contributed by atoms with Crippen LogP contribution in [-0.2, 0) is 5.88 Å². The van der Waals surface area contributed by atoms with Crippen molar-refractivity contribution < 1.29 is 5.11 Å². The quantitative estimate of drug-likeness (QED) is 0.667. The molecule has 0 aliphatic rings. The van der Waals surface area contributed by atoms with Crippen molar-refractivity contribution in [1.82, 2.24) is 0 Å². The molecule has 2 atom stereocenters. The highest BCUT2D eigenvalue weighted by molar-refractivity contribution is 6.17. The number of alkyl halides is 1. The minimum Gasteiger partial charge on any atom is -0.508 e. The molecule has 0 saturated carbocycles. The topological polar surface area (TPSA) is 20.2 Å². The molecule has 0 radical (unpaired) electrons. The zero-order valence-electron chi connectivity index (χ0n) is 12.7. The Labute approximate surface area is 132 Å². The number of hydrogen-bond donors (Lipinski definition) is 1. The van der Waals surface area contributed by atoms with Gasteiger partial charge < -0.3 is 5.11 Å². The van der Waals surface area contributed by atoms with Crippen LogP contribution in [0.15, 0.2) is 48.5 Å². The van der Waals surface area contributed by atoms with Gasteiger partial charge in [0.2, 0.25) is 0 Å². The summed E-state index contributed by atoms with van der Waals surface area (Å²) >= 11 is 5.87. The van der Waals surface area contributed by atoms with Gasteiger partial charge in [-0.2, -0.15) is 0 Å². The molecule has 0 amide bonds. The Balaban J connectivity index is 2.29. The molecule has 2 rings (SSSR count). The van der Waals surface area contributed by atoms with Crippen molar-refractivity contribution in [2.75, 3.05) is 0 Å². The summed E-state index contributed by atoms with van der Waals surface area (Å²) in [5.74, 6) is 1.85. The van der Waals surface area contributed by atoms with Crippen LogP contribution >= 0.6 is 11.6 Å². The molecule has 0 heterocycles. The van der Waals surface area contributed by atoms with E-state index in [1.54, 1.807) is 12.1 Å². The van der Waals surface area contributed by atoms with E-state index in [4.69, 9.17) is 11.6 Å². The third kappa shape index (κ3) is 3.79. The summed E-state index contributed by atoms with van der Waals surface area (Å²) < 4.78 is 0. The Hall–Kier alpha value is -1.47. The molecule has 2 aromatic carbocycles. The van der Waals surface area contributed by atoms with Gasteiger partial charge in [-0.05, 0) is 53.5 Å². The molecule has 2 heteroatoms. The number of rotatable bonds is 6. The summed E-state index contributed by atoms with van der Waals surface area (Å²) in [4.78, 5) is 0. The summed E-state index contributed by atoms with van der Waals surface area (Å²) in [6, 6.07) is 16.3. The number of phenolic OH excluding ortho intramolecular Hbond substituents is 1. The molecule has 0 spiro atoms. The molecule has 0 aromatic heterocycles. The normalized spacial score (nSPS) is 13.9. The van der Waals surface area contributed by atoms with Crippen molar-refractivity contribution in [3.63, 3.8) is 0 Å². The molecule has 112 valence electrons. The second kappa shape index (κ2) is 7.51. The van der Waals surface area contributed by atoms with Crippen molar-refractivity contribution in [2.45, 2.75) is 44.4 Å². The molecule has 0 bridgehead atoms. The van der Waals surface area contributed by atoms with Crippen molar-refractivity contribution in [3.8, 4) is 5.75 Å². The first kappa shape index (κ1) is 15.9. The third-order valence-electron chi connectivity index (χ3n) is 4.25. The summed E-state index contributed by atoms with van der Waals surface area (Å²) in [5, 5.41) is 9.47. The highest BCUT2D eigenvalue weighted by atomic mass is 35.5. The van der Waals surface area contributed by atoms with Crippen molar-refractivity contribution >= 4 is 11.6 Å². The van der Waals surface area contributed by atoms with E-state index >= 15 is 0 Å². The zero-order chi connectivity index (χ0) is 15.2. The van der Waals surface area contributed by atoms with Crippen LogP contribution in [0.3, 0.4) is 0 Å². The molecule has 0 saturated heterocycles. The lowest BCUT2D eigenvalue weighted by Gasteiger charge is -2.26. The second-order valence-corrected chi connectivity index (χ2v) is 5.76. The van der Waals surface area contributed by atoms with Gasteiger partial charge in [-0.15, -0.1) is 11.6 Å². The average Bonchev–Trinajstić information content (AvgIpc) is 2.54. The van der Waals surface area contributed by atoms with Crippen LogP contribution in [0.25, 0.3) is 0 Å². The Kier molecular flexibility index (Phi) is 5.69. The average molecular weight is 303 g/mol. The fourth-order valence-electron chi connectivity index (χ4n) is 3.08. The molecular formula is C19H23ClO. The van der Waals surface area contributed by atoms with Gasteiger partial charge in [0, 0.05) is 5.88 Å². The number of aromatic hydroxyl groups is 1. The monoisotopic (exact) mass is 302 g/mol. The third-order valence-corrected chi connectivity index (χ3v) is 4.56. The van der Waals surface area contributed by atoms with Crippen LogP contribution in [0.4, 0.5) is 0 Å². The summed E-state index contributed by atoms with van der Waals surface area (Å²) in [5.41, 5.74) is 3.82. The van der Waals surface area contributed by atoms with E-state index < -0.39 is 0 Å². The van der Waals surface area contributed by atoms with Crippen LogP contribution in [-0.4, -0.2) is 5.11 Å². The van der Waals surface area contributed by atoms with E-state index in [2.05, 4.69) is 38.1 Å². The van der Waals surface area contributed by atoms with E-state index in [1.807, 2.05) is 12.1 Å². The van der Waals surface area contributed by atoms with Crippen LogP contribution in [0.1, 0.15) is 55.2 Å². The summed E-state index contributed by atoms with van der Waals surface area (Å²) in [6.45, 7) is 4.47. The maximum absolute atomic E-state index is 9.47. The zero-order valence-corrected chi connectivity index (χ0v) is 13.5. The standard InChI is InChI=1S/C19H23ClO/c1-3-18(15-7-5-14(13-20)6-8-15)19(4-2)16-9-11-17(21)12-10-16/h5-12,18-19,21H,3-4,13H2,1-2H3/t18-,19+/m0/s1. The predicted octanol–water partition coefficient (Wildman–Crippen LogP) is 5.82. The van der Waals surface area contributed by atoms with Crippen LogP contribution in [0.5, 0.6) is 5.75 Å². The van der Waals surface area contributed by atoms with Crippen molar-refractivity contribution in [1.29, 1.82) is 0 Å². The first-order chi connectivity index (χ1) is 10.2. The molecule has 0 aliphatic heterocycles. The lowest BCUT2D eigenvalue weighted by molar-refractivity contribution is 0.473. The maximum Gasteiger partial charge on any atom is 0.115 e. The fraction of sp³-hybridized carbons (Fsp3) is 0.368. The van der Waals surface area contributed by atoms with Crippen LogP contribution in [0.2, 0.25) is 0 Å². The smallest absolute Gasteiger partial charge is 0.115 e. The fourth-order valence-corrected chi connectivity index (χ4v) is 3.26. The van der Waals surface area contributed by atoms with Gasteiger partial charge in [0.1, 0.15) is 5.75 Å². The minimum absolute atomic E-state index is 0.327. The Morgan fingerprint density at radius 2 is 1.24 bits per heavy atom. The summed E-state index contributed by atoms with van der Waals surface area (Å²) in [6.07, 6.45) is 2.18. The van der Waals surface area contributed by atoms with Gasteiger partial charge in [0.15, 0.2) is 0 Å². The summed E-state index contributed by atoms with van der Waals surface area (Å²) in [7, 11) is 0. The van der Waals surface area contributed by atoms with Gasteiger partial charge in [-0.1, -0.05) is 50.2 Å². The van der Waals surface area contributed by atoms with Gasteiger partial charge in [-0.3, -0.25) is 0 Å². The van der Waals surface area contributed by atoms with E-state index in [1.165, 1.54) is 11.1 Å². The van der Waals surface area contributed by atoms with Crippen molar-refractivity contribution in [3.05, 3.63) is 65.2 Å². The number of phenols is 1. The van der Waals surface area contributed by atoms with Gasteiger partial charge in [0.05, 0.1) is 0 Å². The molecule has 0 fully saturated rings. The molecular weight excluding hydrogens is 280 g/mol. The minimum atomic E-state index is 0.327. The molecule has 1 N–H and O–H groups in total. The Morgan fingerprint density at radius 1 is 0.810 bits per heavy atom. The van der Waals surface area contributed by atoms with Crippen molar-refractivity contribution in [2.24, 2.45) is 0 Å². The lowest BCUT2D eigenvalue weighted by atomic mass is 9.78. The lowest BCUT2D eigenvalue weighted by Crippen LogP contribution is -2.10. The Morgan fingerprint density at radius 3 is 1.62 bits per heavy atom. The van der Waals surface area contributed by atoms with E-state index in [-0.39, 0.29) is 0 Å². The molecule has 1 nitrogen and oxygen atoms in total. The van der Waals surface area contributed by atoms with Gasteiger partial charge in [-0.25, -0.2) is 0 Å². The largest absolute Gasteiger partial charge is 0.508 e. The van der Waals surface area contributed by atoms with Gasteiger partial charge in [0.25, 0.3) is 0 Å². The number of hydrogen-bond acceptors (Lipinski definition) is 1. The molecule has 2 aromatic rings. The molecule has 0 unspecified atom stereocenters. The van der Waals surface area contributed by atoms with Crippen LogP contribution in [0, 0.1) is 0 Å². The first-order valence-electron chi connectivity index (χ1n) is 7.63. The highest BCUT2D eigenvalue weighted by Gasteiger charge is 2.21. The van der Waals surface area contributed by atoms with E-state index in [0.29, 0.717) is 23.5 Å². The highest BCUT2D eigenvalue weighted by Crippen LogP contribution is 2.38. The van der Waals surface area contributed by atoms with E-state index in [0.717, 1.165) is 18.4 Å². The Bertz CT molecular complexity index is 545. The molecule has 0 aliphatic carbocycles. The van der Waals surface area contributed by atoms with E-state index in [9.17, 15) is 5.11 Å². The second-order valence-electron chi connectivity index (χ2n) is 5.50. The SMILES string of the molecule is CC[C@H](c1ccc(O)cc1)[C@@H](CC)c1ccc(CCl)cc1. The maximum atomic E-state index is 9.47. The predicted molar refractivity (Wildman–Crippen MR) is 90.2 cm³/mol.